The first-order chi connectivity index (χ1) is 13.9. The Hall–Kier alpha value is -1.41. The number of Topliss-reactive ketones (excluding diaryl/α,β-unsaturated/α-hetero) is 1. The van der Waals surface area contributed by atoms with Gasteiger partial charge in [-0.2, -0.15) is 17.9 Å². The van der Waals surface area contributed by atoms with E-state index in [2.05, 4.69) is 4.72 Å². The maximum atomic E-state index is 13.3. The highest BCUT2D eigenvalue weighted by Gasteiger charge is 2.49. The first-order valence-electron chi connectivity index (χ1n) is 10.6. The van der Waals surface area contributed by atoms with E-state index in [1.165, 1.54) is 26.3 Å². The molecule has 0 heterocycles. The van der Waals surface area contributed by atoms with Gasteiger partial charge >= 0.3 is 6.18 Å². The van der Waals surface area contributed by atoms with Gasteiger partial charge in [0.25, 0.3) is 0 Å². The zero-order chi connectivity index (χ0) is 21.9. The molecule has 0 amide bonds. The number of rotatable bonds is 6. The molecule has 4 aliphatic rings. The predicted octanol–water partition coefficient (Wildman–Crippen LogP) is 4.79. The molecule has 0 aliphatic heterocycles. The number of benzene rings is 1. The van der Waals surface area contributed by atoms with Gasteiger partial charge in [-0.05, 0) is 87.7 Å². The van der Waals surface area contributed by atoms with Crippen molar-refractivity contribution in [3.8, 4) is 0 Å². The third kappa shape index (κ3) is 4.05. The number of ketones is 1. The van der Waals surface area contributed by atoms with E-state index >= 15 is 0 Å². The molecule has 1 aromatic carbocycles. The summed E-state index contributed by atoms with van der Waals surface area (Å²) in [6.07, 6.45) is 1.38. The van der Waals surface area contributed by atoms with Crippen LogP contribution in [0.3, 0.4) is 0 Å². The van der Waals surface area contributed by atoms with Crippen molar-refractivity contribution in [2.45, 2.75) is 69.0 Å². The molecule has 8 heteroatoms. The second-order valence-electron chi connectivity index (χ2n) is 9.95. The van der Waals surface area contributed by atoms with E-state index in [-0.39, 0.29) is 18.1 Å². The van der Waals surface area contributed by atoms with E-state index in [1.54, 1.807) is 0 Å². The number of hydrogen-bond acceptors (Lipinski definition) is 3. The van der Waals surface area contributed by atoms with Gasteiger partial charge < -0.3 is 0 Å². The van der Waals surface area contributed by atoms with E-state index in [4.69, 9.17) is 0 Å². The van der Waals surface area contributed by atoms with E-state index in [9.17, 15) is 26.4 Å². The number of sulfonamides is 1. The topological polar surface area (TPSA) is 63.2 Å². The largest absolute Gasteiger partial charge is 0.417 e. The van der Waals surface area contributed by atoms with Crippen molar-refractivity contribution in [3.05, 3.63) is 29.8 Å². The van der Waals surface area contributed by atoms with Crippen LogP contribution < -0.4 is 4.72 Å². The maximum Gasteiger partial charge on any atom is 0.417 e. The fourth-order valence-corrected chi connectivity index (χ4v) is 7.85. The summed E-state index contributed by atoms with van der Waals surface area (Å²) >= 11 is 0. The van der Waals surface area contributed by atoms with E-state index in [1.807, 2.05) is 0 Å². The zero-order valence-corrected chi connectivity index (χ0v) is 18.0. The highest BCUT2D eigenvalue weighted by Crippen LogP contribution is 2.57. The van der Waals surface area contributed by atoms with Gasteiger partial charge in [0, 0.05) is 6.42 Å². The van der Waals surface area contributed by atoms with Crippen molar-refractivity contribution in [2.24, 2.45) is 29.6 Å². The van der Waals surface area contributed by atoms with Gasteiger partial charge in [-0.15, -0.1) is 0 Å². The average Bonchev–Trinajstić information content (AvgIpc) is 2.62. The smallest absolute Gasteiger partial charge is 0.298 e. The van der Waals surface area contributed by atoms with Gasteiger partial charge in [0.1, 0.15) is 0 Å². The molecule has 0 aromatic heterocycles. The first-order valence-corrected chi connectivity index (χ1v) is 12.1. The molecule has 1 N–H and O–H groups in total. The molecule has 0 atom stereocenters. The van der Waals surface area contributed by atoms with Crippen LogP contribution in [0.4, 0.5) is 13.2 Å². The van der Waals surface area contributed by atoms with Crippen molar-refractivity contribution < 1.29 is 26.4 Å². The summed E-state index contributed by atoms with van der Waals surface area (Å²) in [6.45, 7) is 2.89. The van der Waals surface area contributed by atoms with E-state index in [0.717, 1.165) is 55.7 Å². The van der Waals surface area contributed by atoms with Crippen LogP contribution >= 0.6 is 0 Å². The summed E-state index contributed by atoms with van der Waals surface area (Å²) in [6, 6.07) is 4.04. The lowest BCUT2D eigenvalue weighted by molar-refractivity contribution is -0.139. The van der Waals surface area contributed by atoms with Crippen LogP contribution in [0.1, 0.15) is 57.9 Å². The normalized spacial score (nSPS) is 31.2. The van der Waals surface area contributed by atoms with E-state index in [0.29, 0.717) is 11.8 Å². The van der Waals surface area contributed by atoms with Gasteiger partial charge in [-0.1, -0.05) is 12.1 Å². The van der Waals surface area contributed by atoms with Crippen LogP contribution in [-0.2, 0) is 21.0 Å². The summed E-state index contributed by atoms with van der Waals surface area (Å²) < 4.78 is 67.7. The Kier molecular flexibility index (Phi) is 5.33. The van der Waals surface area contributed by atoms with Crippen molar-refractivity contribution >= 4 is 15.8 Å². The summed E-state index contributed by atoms with van der Waals surface area (Å²) in [5, 5.41) is 0. The zero-order valence-electron chi connectivity index (χ0n) is 17.2. The summed E-state index contributed by atoms with van der Waals surface area (Å²) in [5.41, 5.74) is -2.71. The molecule has 0 saturated heterocycles. The molecule has 4 fully saturated rings. The Morgan fingerprint density at radius 2 is 1.53 bits per heavy atom. The summed E-state index contributed by atoms with van der Waals surface area (Å²) in [7, 11) is -4.53. The lowest BCUT2D eigenvalue weighted by atomic mass is 9.51. The molecule has 4 aliphatic carbocycles. The number of alkyl halides is 3. The van der Waals surface area contributed by atoms with Crippen LogP contribution in [0.25, 0.3) is 0 Å². The molecule has 1 aromatic rings. The molecule has 4 bridgehead atoms. The molecular formula is C22H28F3NO3S. The minimum absolute atomic E-state index is 0.256. The molecule has 4 nitrogen and oxygen atoms in total. The SMILES string of the molecule is CC(C)(NS(=O)(=O)c1ccccc1C(F)(F)F)C(=O)CC1C2CC3CC(C2)CC1C3. The molecule has 0 unspecified atom stereocenters. The molecular weight excluding hydrogens is 415 g/mol. The van der Waals surface area contributed by atoms with Crippen LogP contribution in [0.5, 0.6) is 0 Å². The molecule has 166 valence electrons. The molecule has 0 spiro atoms. The monoisotopic (exact) mass is 443 g/mol. The second-order valence-corrected chi connectivity index (χ2v) is 11.6. The van der Waals surface area contributed by atoms with Gasteiger partial charge in [-0.25, -0.2) is 8.42 Å². The number of carbonyl (C=O) groups is 1. The first kappa shape index (κ1) is 21.8. The Morgan fingerprint density at radius 3 is 2.07 bits per heavy atom. The van der Waals surface area contributed by atoms with Crippen LogP contribution in [0.2, 0.25) is 0 Å². The Labute approximate surface area is 175 Å². The predicted molar refractivity (Wildman–Crippen MR) is 106 cm³/mol. The molecule has 5 rings (SSSR count). The molecule has 0 radical (unpaired) electrons. The van der Waals surface area contributed by atoms with E-state index < -0.39 is 32.2 Å². The minimum Gasteiger partial charge on any atom is -0.298 e. The second kappa shape index (κ2) is 7.33. The fourth-order valence-electron chi connectivity index (χ4n) is 6.22. The van der Waals surface area contributed by atoms with Crippen molar-refractivity contribution in [1.29, 1.82) is 0 Å². The van der Waals surface area contributed by atoms with Crippen molar-refractivity contribution in [1.82, 2.24) is 4.72 Å². The average molecular weight is 444 g/mol. The minimum atomic E-state index is -4.81. The number of halogens is 3. The number of nitrogens with one attached hydrogen (secondary N) is 1. The number of hydrogen-bond donors (Lipinski definition) is 1. The summed E-state index contributed by atoms with van der Waals surface area (Å²) in [5.74, 6) is 2.57. The van der Waals surface area contributed by atoms with Crippen molar-refractivity contribution in [3.63, 3.8) is 0 Å². The Balaban J connectivity index is 1.51. The molecule has 30 heavy (non-hydrogen) atoms. The lowest BCUT2D eigenvalue weighted by Crippen LogP contribution is -2.52. The van der Waals surface area contributed by atoms with Crippen molar-refractivity contribution in [2.75, 3.05) is 0 Å². The van der Waals surface area contributed by atoms with Gasteiger partial charge in [0.15, 0.2) is 5.78 Å². The van der Waals surface area contributed by atoms with Crippen LogP contribution in [0.15, 0.2) is 29.2 Å². The maximum absolute atomic E-state index is 13.3. The standard InChI is InChI=1S/C22H28F3NO3S/c1-21(2,26-30(28,29)19-6-4-3-5-18(19)22(23,24)25)20(27)12-17-15-8-13-7-14(10-15)11-16(17)9-13/h3-6,13-17,26H,7-12H2,1-2H3. The van der Waals surface area contributed by atoms with Gasteiger partial charge in [-0.3, -0.25) is 4.79 Å². The third-order valence-corrected chi connectivity index (χ3v) is 9.13. The van der Waals surface area contributed by atoms with Crippen LogP contribution in [0, 0.1) is 29.6 Å². The summed E-state index contributed by atoms with van der Waals surface area (Å²) in [4.78, 5) is 12.2. The Bertz CT molecular complexity index is 911. The fraction of sp³-hybridized carbons (Fsp3) is 0.682. The third-order valence-electron chi connectivity index (χ3n) is 7.41. The van der Waals surface area contributed by atoms with Gasteiger partial charge in [0.2, 0.25) is 10.0 Å². The van der Waals surface area contributed by atoms with Gasteiger partial charge in [0.05, 0.1) is 16.0 Å². The lowest BCUT2D eigenvalue weighted by Gasteiger charge is -2.54. The highest BCUT2D eigenvalue weighted by molar-refractivity contribution is 7.89. The van der Waals surface area contributed by atoms with Crippen LogP contribution in [-0.4, -0.2) is 19.7 Å². The highest BCUT2D eigenvalue weighted by atomic mass is 32.2. The number of carbonyl (C=O) groups excluding carboxylic acids is 1. The quantitative estimate of drug-likeness (QED) is 0.687. The molecule has 4 saturated carbocycles. The Morgan fingerprint density at radius 1 is 1.00 bits per heavy atom.